The minimum atomic E-state index is -0.871. The molecule has 0 amide bonds. The Bertz CT molecular complexity index is 1140. The van der Waals surface area contributed by atoms with Gasteiger partial charge in [0.15, 0.2) is 6.61 Å². The molecule has 2 heterocycles. The zero-order valence-corrected chi connectivity index (χ0v) is 17.8. The van der Waals surface area contributed by atoms with Crippen LogP contribution in [0, 0.1) is 25.2 Å². The zero-order valence-electron chi connectivity index (χ0n) is 17.8. The SMILES string of the molecule is Cc1ccc(N2CCN([C@@H](C(=O)O)c3c[nH]c4ccc(OCC#N)cc34)CC2)c(C)c1. The summed E-state index contributed by atoms with van der Waals surface area (Å²) in [6.07, 6.45) is 1.77. The summed E-state index contributed by atoms with van der Waals surface area (Å²) in [5.41, 5.74) is 5.25. The lowest BCUT2D eigenvalue weighted by Gasteiger charge is -2.39. The van der Waals surface area contributed by atoms with E-state index in [2.05, 4.69) is 41.9 Å². The normalized spacial score (nSPS) is 15.6. The fraction of sp³-hybridized carbons (Fsp3) is 0.333. The largest absolute Gasteiger partial charge is 0.480 e. The Morgan fingerprint density at radius 3 is 2.65 bits per heavy atom. The summed E-state index contributed by atoms with van der Waals surface area (Å²) in [6, 6.07) is 13.1. The van der Waals surface area contributed by atoms with Gasteiger partial charge in [0, 0.05) is 54.5 Å². The number of H-pyrrole nitrogens is 1. The van der Waals surface area contributed by atoms with Gasteiger partial charge in [-0.25, -0.2) is 0 Å². The number of fused-ring (bicyclic) bond motifs is 1. The molecule has 0 aliphatic carbocycles. The van der Waals surface area contributed by atoms with Gasteiger partial charge in [0.2, 0.25) is 0 Å². The molecule has 0 radical (unpaired) electrons. The molecule has 160 valence electrons. The van der Waals surface area contributed by atoms with Gasteiger partial charge in [-0.05, 0) is 43.7 Å². The Labute approximate surface area is 181 Å². The summed E-state index contributed by atoms with van der Waals surface area (Å²) >= 11 is 0. The molecule has 1 aliphatic rings. The van der Waals surface area contributed by atoms with Gasteiger partial charge in [-0.3, -0.25) is 9.69 Å². The van der Waals surface area contributed by atoms with Crippen LogP contribution in [0.2, 0.25) is 0 Å². The lowest BCUT2D eigenvalue weighted by molar-refractivity contribution is -0.143. The van der Waals surface area contributed by atoms with Crippen molar-refractivity contribution in [3.63, 3.8) is 0 Å². The molecule has 2 N–H and O–H groups in total. The second kappa shape index (κ2) is 8.70. The molecular formula is C24H26N4O3. The molecule has 1 aromatic heterocycles. The molecular weight excluding hydrogens is 392 g/mol. The van der Waals surface area contributed by atoms with Crippen molar-refractivity contribution in [1.82, 2.24) is 9.88 Å². The number of benzene rings is 2. The number of aromatic amines is 1. The molecule has 31 heavy (non-hydrogen) atoms. The maximum Gasteiger partial charge on any atom is 0.325 e. The van der Waals surface area contributed by atoms with Crippen molar-refractivity contribution in [3.05, 3.63) is 59.3 Å². The van der Waals surface area contributed by atoms with Crippen molar-refractivity contribution in [2.45, 2.75) is 19.9 Å². The first-order valence-corrected chi connectivity index (χ1v) is 10.4. The highest BCUT2D eigenvalue weighted by molar-refractivity contribution is 5.90. The van der Waals surface area contributed by atoms with Crippen LogP contribution in [0.25, 0.3) is 10.9 Å². The quantitative estimate of drug-likeness (QED) is 0.635. The van der Waals surface area contributed by atoms with E-state index in [1.807, 2.05) is 17.0 Å². The van der Waals surface area contributed by atoms with Crippen LogP contribution < -0.4 is 9.64 Å². The number of aliphatic carboxylic acids is 1. The number of piperazine rings is 1. The molecule has 0 saturated carbocycles. The highest BCUT2D eigenvalue weighted by Gasteiger charge is 2.32. The van der Waals surface area contributed by atoms with Gasteiger partial charge in [-0.2, -0.15) is 5.26 Å². The highest BCUT2D eigenvalue weighted by Crippen LogP contribution is 2.32. The summed E-state index contributed by atoms with van der Waals surface area (Å²) in [7, 11) is 0. The van der Waals surface area contributed by atoms with Crippen LogP contribution >= 0.6 is 0 Å². The minimum absolute atomic E-state index is 0.0476. The van der Waals surface area contributed by atoms with Gasteiger partial charge in [-0.15, -0.1) is 0 Å². The third kappa shape index (κ3) is 4.21. The van der Waals surface area contributed by atoms with Gasteiger partial charge in [0.05, 0.1) is 0 Å². The van der Waals surface area contributed by atoms with Gasteiger partial charge >= 0.3 is 5.97 Å². The van der Waals surface area contributed by atoms with Crippen molar-refractivity contribution in [1.29, 1.82) is 5.26 Å². The van der Waals surface area contributed by atoms with Crippen LogP contribution in [0.3, 0.4) is 0 Å². The summed E-state index contributed by atoms with van der Waals surface area (Å²) in [6.45, 7) is 7.01. The van der Waals surface area contributed by atoms with Crippen molar-refractivity contribution in [2.24, 2.45) is 0 Å². The summed E-state index contributed by atoms with van der Waals surface area (Å²) in [5, 5.41) is 19.6. The van der Waals surface area contributed by atoms with Crippen molar-refractivity contribution >= 4 is 22.6 Å². The van der Waals surface area contributed by atoms with E-state index in [0.717, 1.165) is 24.0 Å². The van der Waals surface area contributed by atoms with E-state index < -0.39 is 12.0 Å². The van der Waals surface area contributed by atoms with E-state index in [1.165, 1.54) is 16.8 Å². The molecule has 1 aliphatic heterocycles. The number of nitrogens with one attached hydrogen (secondary N) is 1. The molecule has 4 rings (SSSR count). The summed E-state index contributed by atoms with van der Waals surface area (Å²) in [4.78, 5) is 19.8. The lowest BCUT2D eigenvalue weighted by atomic mass is 10.0. The van der Waals surface area contributed by atoms with Crippen molar-refractivity contribution in [3.8, 4) is 11.8 Å². The molecule has 1 atom stereocenters. The number of nitriles is 1. The first kappa shape index (κ1) is 20.8. The molecule has 2 aromatic carbocycles. The highest BCUT2D eigenvalue weighted by atomic mass is 16.5. The average Bonchev–Trinajstić information content (AvgIpc) is 3.16. The Morgan fingerprint density at radius 1 is 1.19 bits per heavy atom. The van der Waals surface area contributed by atoms with Gasteiger partial charge in [0.1, 0.15) is 17.9 Å². The topological polar surface area (TPSA) is 92.6 Å². The molecule has 7 nitrogen and oxygen atoms in total. The maximum atomic E-state index is 12.3. The van der Waals surface area contributed by atoms with E-state index in [1.54, 1.807) is 18.3 Å². The molecule has 7 heteroatoms. The van der Waals surface area contributed by atoms with Crippen LogP contribution in [-0.2, 0) is 4.79 Å². The number of aromatic nitrogens is 1. The Morgan fingerprint density at radius 2 is 1.97 bits per heavy atom. The number of rotatable bonds is 6. The molecule has 0 bridgehead atoms. The average molecular weight is 418 g/mol. The second-order valence-electron chi connectivity index (χ2n) is 7.95. The van der Waals surface area contributed by atoms with E-state index >= 15 is 0 Å². The first-order valence-electron chi connectivity index (χ1n) is 10.4. The molecule has 1 saturated heterocycles. The number of anilines is 1. The minimum Gasteiger partial charge on any atom is -0.480 e. The number of carboxylic acid groups (broad SMARTS) is 1. The fourth-order valence-corrected chi connectivity index (χ4v) is 4.42. The number of carbonyl (C=O) groups is 1. The van der Waals surface area contributed by atoms with E-state index in [9.17, 15) is 9.90 Å². The molecule has 0 unspecified atom stereocenters. The Hall–Kier alpha value is -3.50. The predicted molar refractivity (Wildman–Crippen MR) is 119 cm³/mol. The number of ether oxygens (including phenoxy) is 1. The summed E-state index contributed by atoms with van der Waals surface area (Å²) in [5.74, 6) is -0.317. The van der Waals surface area contributed by atoms with Crippen molar-refractivity contribution in [2.75, 3.05) is 37.7 Å². The van der Waals surface area contributed by atoms with Crippen LogP contribution in [0.1, 0.15) is 22.7 Å². The Kier molecular flexibility index (Phi) is 5.83. The monoisotopic (exact) mass is 418 g/mol. The van der Waals surface area contributed by atoms with Crippen LogP contribution in [0.5, 0.6) is 5.75 Å². The molecule has 1 fully saturated rings. The molecule has 3 aromatic rings. The second-order valence-corrected chi connectivity index (χ2v) is 7.95. The third-order valence-corrected chi connectivity index (χ3v) is 5.89. The smallest absolute Gasteiger partial charge is 0.325 e. The zero-order chi connectivity index (χ0) is 22.0. The standard InChI is InChI=1S/C24H26N4O3/c1-16-3-6-22(17(2)13-16)27-8-10-28(11-9-27)23(24(29)30)20-15-26-21-5-4-18(14-19(20)21)31-12-7-25/h3-6,13-15,23,26H,8-12H2,1-2H3,(H,29,30)/t23-/m1/s1. The number of hydrogen-bond donors (Lipinski definition) is 2. The fourth-order valence-electron chi connectivity index (χ4n) is 4.42. The lowest BCUT2D eigenvalue weighted by Crippen LogP contribution is -2.49. The maximum absolute atomic E-state index is 12.3. The van der Waals surface area contributed by atoms with Gasteiger partial charge in [0.25, 0.3) is 0 Å². The Balaban J connectivity index is 1.56. The number of aryl methyl sites for hydroxylation is 2. The number of carboxylic acids is 1. The number of hydrogen-bond acceptors (Lipinski definition) is 5. The van der Waals surface area contributed by atoms with E-state index in [4.69, 9.17) is 10.00 Å². The third-order valence-electron chi connectivity index (χ3n) is 5.89. The molecule has 0 spiro atoms. The van der Waals surface area contributed by atoms with E-state index in [0.29, 0.717) is 24.4 Å². The van der Waals surface area contributed by atoms with Gasteiger partial charge < -0.3 is 19.7 Å². The van der Waals surface area contributed by atoms with Crippen LogP contribution in [-0.4, -0.2) is 53.7 Å². The van der Waals surface area contributed by atoms with Crippen LogP contribution in [0.4, 0.5) is 5.69 Å². The first-order chi connectivity index (χ1) is 15.0. The van der Waals surface area contributed by atoms with E-state index in [-0.39, 0.29) is 6.61 Å². The predicted octanol–water partition coefficient (Wildman–Crippen LogP) is 3.64. The van der Waals surface area contributed by atoms with Gasteiger partial charge in [-0.1, -0.05) is 17.7 Å². The van der Waals surface area contributed by atoms with Crippen LogP contribution in [0.15, 0.2) is 42.6 Å². The summed E-state index contributed by atoms with van der Waals surface area (Å²) < 4.78 is 5.41. The number of nitrogens with zero attached hydrogens (tertiary/aromatic N) is 3. The van der Waals surface area contributed by atoms with Crippen molar-refractivity contribution < 1.29 is 14.6 Å².